The lowest BCUT2D eigenvalue weighted by Crippen LogP contribution is -2.38. The fourth-order valence-corrected chi connectivity index (χ4v) is 2.22. The minimum absolute atomic E-state index is 0.127. The molecule has 1 aliphatic carbocycles. The standard InChI is InChI=1S/C10H18BrNO/c1-2-8-4-3-5-9(6-8)12-10(13)7-11/h8-9H,2-7H2,1H3,(H,12,13). The number of nitrogens with one attached hydrogen (secondary N) is 1. The molecule has 0 aromatic heterocycles. The maximum absolute atomic E-state index is 11.1. The van der Waals surface area contributed by atoms with Gasteiger partial charge in [0.25, 0.3) is 0 Å². The van der Waals surface area contributed by atoms with E-state index in [9.17, 15) is 4.79 Å². The third-order valence-electron chi connectivity index (χ3n) is 2.85. The topological polar surface area (TPSA) is 29.1 Å². The molecular weight excluding hydrogens is 230 g/mol. The van der Waals surface area contributed by atoms with E-state index in [0.717, 1.165) is 12.3 Å². The first-order valence-electron chi connectivity index (χ1n) is 5.11. The van der Waals surface area contributed by atoms with E-state index in [1.165, 1.54) is 25.7 Å². The van der Waals surface area contributed by atoms with Crippen molar-refractivity contribution in [2.75, 3.05) is 5.33 Å². The normalized spacial score (nSPS) is 28.5. The Morgan fingerprint density at radius 1 is 1.54 bits per heavy atom. The zero-order valence-corrected chi connectivity index (χ0v) is 9.77. The molecule has 2 nitrogen and oxygen atoms in total. The monoisotopic (exact) mass is 247 g/mol. The summed E-state index contributed by atoms with van der Waals surface area (Å²) in [6.45, 7) is 2.24. The van der Waals surface area contributed by atoms with Crippen LogP contribution in [0.3, 0.4) is 0 Å². The Balaban J connectivity index is 2.29. The summed E-state index contributed by atoms with van der Waals surface area (Å²) in [6.07, 6.45) is 6.20. The fraction of sp³-hybridized carbons (Fsp3) is 0.900. The van der Waals surface area contributed by atoms with Crippen LogP contribution in [0, 0.1) is 5.92 Å². The van der Waals surface area contributed by atoms with Crippen LogP contribution in [0.25, 0.3) is 0 Å². The Morgan fingerprint density at radius 3 is 2.92 bits per heavy atom. The van der Waals surface area contributed by atoms with Gasteiger partial charge in [0.2, 0.25) is 5.91 Å². The molecule has 0 aromatic carbocycles. The molecule has 0 saturated heterocycles. The summed E-state index contributed by atoms with van der Waals surface area (Å²) in [7, 11) is 0. The van der Waals surface area contributed by atoms with Gasteiger partial charge < -0.3 is 5.32 Å². The zero-order chi connectivity index (χ0) is 9.68. The fourth-order valence-electron chi connectivity index (χ4n) is 2.06. The molecule has 1 saturated carbocycles. The predicted molar refractivity (Wildman–Crippen MR) is 58.0 cm³/mol. The highest BCUT2D eigenvalue weighted by molar-refractivity contribution is 9.09. The molecule has 0 spiro atoms. The van der Waals surface area contributed by atoms with Gasteiger partial charge in [-0.05, 0) is 18.8 Å². The maximum atomic E-state index is 11.1. The molecule has 1 rings (SSSR count). The largest absolute Gasteiger partial charge is 0.353 e. The Hall–Kier alpha value is -0.0500. The number of carbonyl (C=O) groups excluding carboxylic acids is 1. The number of hydrogen-bond donors (Lipinski definition) is 1. The maximum Gasteiger partial charge on any atom is 0.230 e. The average molecular weight is 248 g/mol. The van der Waals surface area contributed by atoms with E-state index in [0.29, 0.717) is 11.4 Å². The molecule has 13 heavy (non-hydrogen) atoms. The van der Waals surface area contributed by atoms with Gasteiger partial charge in [0.05, 0.1) is 5.33 Å². The number of amides is 1. The zero-order valence-electron chi connectivity index (χ0n) is 8.18. The molecular formula is C10H18BrNO. The lowest BCUT2D eigenvalue weighted by atomic mass is 9.84. The van der Waals surface area contributed by atoms with E-state index in [4.69, 9.17) is 0 Å². The van der Waals surface area contributed by atoms with Crippen LogP contribution in [0.1, 0.15) is 39.0 Å². The van der Waals surface area contributed by atoms with Crippen LogP contribution in [-0.2, 0) is 4.79 Å². The highest BCUT2D eigenvalue weighted by Crippen LogP contribution is 2.26. The molecule has 2 atom stereocenters. The summed E-state index contributed by atoms with van der Waals surface area (Å²) in [5.41, 5.74) is 0. The van der Waals surface area contributed by atoms with Crippen LogP contribution in [0.5, 0.6) is 0 Å². The van der Waals surface area contributed by atoms with E-state index < -0.39 is 0 Å². The molecule has 1 N–H and O–H groups in total. The number of halogens is 1. The minimum Gasteiger partial charge on any atom is -0.353 e. The smallest absolute Gasteiger partial charge is 0.230 e. The SMILES string of the molecule is CCC1CCCC(NC(=O)CBr)C1. The first kappa shape index (κ1) is 11.0. The number of alkyl halides is 1. The number of carbonyl (C=O) groups is 1. The van der Waals surface area contributed by atoms with Gasteiger partial charge in [0.15, 0.2) is 0 Å². The van der Waals surface area contributed by atoms with E-state index in [1.54, 1.807) is 0 Å². The molecule has 2 unspecified atom stereocenters. The minimum atomic E-state index is 0.127. The highest BCUT2D eigenvalue weighted by Gasteiger charge is 2.21. The van der Waals surface area contributed by atoms with Crippen molar-refractivity contribution < 1.29 is 4.79 Å². The van der Waals surface area contributed by atoms with Gasteiger partial charge >= 0.3 is 0 Å². The third-order valence-corrected chi connectivity index (χ3v) is 3.36. The Bertz CT molecular complexity index is 172. The molecule has 0 radical (unpaired) electrons. The van der Waals surface area contributed by atoms with Crippen molar-refractivity contribution in [2.45, 2.75) is 45.1 Å². The summed E-state index contributed by atoms with van der Waals surface area (Å²) in [5.74, 6) is 0.955. The van der Waals surface area contributed by atoms with E-state index in [1.807, 2.05) is 0 Å². The van der Waals surface area contributed by atoms with Crippen molar-refractivity contribution in [3.63, 3.8) is 0 Å². The van der Waals surface area contributed by atoms with Crippen molar-refractivity contribution in [3.05, 3.63) is 0 Å². The van der Waals surface area contributed by atoms with Crippen molar-refractivity contribution >= 4 is 21.8 Å². The summed E-state index contributed by atoms with van der Waals surface area (Å²) in [5, 5.41) is 3.48. The van der Waals surface area contributed by atoms with Gasteiger partial charge in [-0.3, -0.25) is 4.79 Å². The van der Waals surface area contributed by atoms with Gasteiger partial charge in [0, 0.05) is 6.04 Å². The number of rotatable bonds is 3. The van der Waals surface area contributed by atoms with Gasteiger partial charge in [-0.2, -0.15) is 0 Å². The molecule has 0 aliphatic heterocycles. The van der Waals surface area contributed by atoms with Crippen molar-refractivity contribution in [2.24, 2.45) is 5.92 Å². The van der Waals surface area contributed by atoms with E-state index in [-0.39, 0.29) is 5.91 Å². The average Bonchev–Trinajstić information content (AvgIpc) is 2.18. The van der Waals surface area contributed by atoms with Crippen molar-refractivity contribution in [3.8, 4) is 0 Å². The Morgan fingerprint density at radius 2 is 2.31 bits per heavy atom. The van der Waals surface area contributed by atoms with Gasteiger partial charge in [-0.15, -0.1) is 0 Å². The second-order valence-electron chi connectivity index (χ2n) is 3.84. The molecule has 0 bridgehead atoms. The summed E-state index contributed by atoms with van der Waals surface area (Å²) in [4.78, 5) is 11.1. The highest BCUT2D eigenvalue weighted by atomic mass is 79.9. The van der Waals surface area contributed by atoms with Crippen LogP contribution in [0.15, 0.2) is 0 Å². The van der Waals surface area contributed by atoms with Crippen LogP contribution in [-0.4, -0.2) is 17.3 Å². The Labute approximate surface area is 88.6 Å². The summed E-state index contributed by atoms with van der Waals surface area (Å²) >= 11 is 3.16. The molecule has 0 aromatic rings. The lowest BCUT2D eigenvalue weighted by molar-refractivity contribution is -0.119. The second-order valence-corrected chi connectivity index (χ2v) is 4.40. The quantitative estimate of drug-likeness (QED) is 0.764. The summed E-state index contributed by atoms with van der Waals surface area (Å²) in [6, 6.07) is 0.434. The van der Waals surface area contributed by atoms with Crippen LogP contribution >= 0.6 is 15.9 Å². The molecule has 1 amide bonds. The third kappa shape index (κ3) is 3.67. The summed E-state index contributed by atoms with van der Waals surface area (Å²) < 4.78 is 0. The van der Waals surface area contributed by atoms with Crippen molar-refractivity contribution in [1.29, 1.82) is 0 Å². The van der Waals surface area contributed by atoms with Gasteiger partial charge in [0.1, 0.15) is 0 Å². The molecule has 1 fully saturated rings. The van der Waals surface area contributed by atoms with E-state index in [2.05, 4.69) is 28.2 Å². The van der Waals surface area contributed by atoms with Crippen LogP contribution in [0.4, 0.5) is 0 Å². The first-order chi connectivity index (χ1) is 6.26. The predicted octanol–water partition coefficient (Wildman–Crippen LogP) is 2.47. The second kappa shape index (κ2) is 5.63. The van der Waals surface area contributed by atoms with E-state index >= 15 is 0 Å². The molecule has 3 heteroatoms. The van der Waals surface area contributed by atoms with Crippen LogP contribution < -0.4 is 5.32 Å². The lowest BCUT2D eigenvalue weighted by Gasteiger charge is -2.28. The van der Waals surface area contributed by atoms with Gasteiger partial charge in [-0.1, -0.05) is 42.1 Å². The Kier molecular flexibility index (Phi) is 4.78. The molecule has 76 valence electrons. The molecule has 1 aliphatic rings. The van der Waals surface area contributed by atoms with Gasteiger partial charge in [-0.25, -0.2) is 0 Å². The molecule has 0 heterocycles. The number of hydrogen-bond acceptors (Lipinski definition) is 1. The van der Waals surface area contributed by atoms with Crippen LogP contribution in [0.2, 0.25) is 0 Å². The first-order valence-corrected chi connectivity index (χ1v) is 6.23. The van der Waals surface area contributed by atoms with Crippen molar-refractivity contribution in [1.82, 2.24) is 5.32 Å².